The largest absolute Gasteiger partial charge is 0.326 e. The summed E-state index contributed by atoms with van der Waals surface area (Å²) < 4.78 is 0. The van der Waals surface area contributed by atoms with E-state index in [4.69, 9.17) is 5.73 Å². The van der Waals surface area contributed by atoms with Crippen molar-refractivity contribution in [2.24, 2.45) is 11.7 Å². The fourth-order valence-electron chi connectivity index (χ4n) is 3.00. The predicted molar refractivity (Wildman–Crippen MR) is 89.9 cm³/mol. The lowest BCUT2D eigenvalue weighted by Crippen LogP contribution is -2.15. The molecule has 5 heteroatoms. The second kappa shape index (κ2) is 5.52. The van der Waals surface area contributed by atoms with Crippen molar-refractivity contribution in [1.82, 2.24) is 9.97 Å². The Labute approximate surface area is 133 Å². The summed E-state index contributed by atoms with van der Waals surface area (Å²) in [5.74, 6) is 0.879. The molecule has 1 aliphatic rings. The lowest BCUT2D eigenvalue weighted by Gasteiger charge is -2.01. The lowest BCUT2D eigenvalue weighted by atomic mass is 10.1. The zero-order chi connectivity index (χ0) is 15.8. The fraction of sp³-hybridized carbons (Fsp3) is 0.222. The molecule has 1 aliphatic carbocycles. The Morgan fingerprint density at radius 2 is 2.09 bits per heavy atom. The third kappa shape index (κ3) is 2.71. The van der Waals surface area contributed by atoms with E-state index >= 15 is 0 Å². The summed E-state index contributed by atoms with van der Waals surface area (Å²) >= 11 is 0. The number of aromatic amines is 1. The van der Waals surface area contributed by atoms with Crippen molar-refractivity contribution in [3.8, 4) is 0 Å². The monoisotopic (exact) mass is 306 g/mol. The van der Waals surface area contributed by atoms with Crippen LogP contribution in [-0.2, 0) is 11.3 Å². The summed E-state index contributed by atoms with van der Waals surface area (Å²) in [6.07, 6.45) is 0.896. The first-order chi connectivity index (χ1) is 11.2. The number of rotatable bonds is 4. The van der Waals surface area contributed by atoms with Gasteiger partial charge in [-0.1, -0.05) is 36.4 Å². The van der Waals surface area contributed by atoms with E-state index in [2.05, 4.69) is 27.4 Å². The highest BCUT2D eigenvalue weighted by Gasteiger charge is 2.44. The lowest BCUT2D eigenvalue weighted by molar-refractivity contribution is -0.117. The van der Waals surface area contributed by atoms with Crippen molar-refractivity contribution in [3.05, 3.63) is 59.7 Å². The van der Waals surface area contributed by atoms with Crippen molar-refractivity contribution in [3.63, 3.8) is 0 Å². The van der Waals surface area contributed by atoms with E-state index in [1.54, 1.807) is 0 Å². The molecular formula is C18H18N4O. The highest BCUT2D eigenvalue weighted by molar-refractivity contribution is 5.95. The van der Waals surface area contributed by atoms with Crippen molar-refractivity contribution in [2.75, 3.05) is 5.32 Å². The van der Waals surface area contributed by atoms with Crippen molar-refractivity contribution in [2.45, 2.75) is 18.9 Å². The van der Waals surface area contributed by atoms with Crippen molar-refractivity contribution < 1.29 is 4.79 Å². The first-order valence-electron chi connectivity index (χ1n) is 7.79. The Kier molecular flexibility index (Phi) is 3.35. The number of benzene rings is 2. The SMILES string of the molecule is NCc1ccc2[nH]c(NC(=O)C3CC3c3ccccc3)nc2c1. The first kappa shape index (κ1) is 14.0. The molecule has 2 unspecified atom stereocenters. The Balaban J connectivity index is 1.47. The molecule has 1 fully saturated rings. The van der Waals surface area contributed by atoms with E-state index in [1.165, 1.54) is 5.56 Å². The van der Waals surface area contributed by atoms with Crippen LogP contribution in [0.4, 0.5) is 5.95 Å². The maximum atomic E-state index is 12.4. The fourth-order valence-corrected chi connectivity index (χ4v) is 3.00. The number of hydrogen-bond donors (Lipinski definition) is 3. The van der Waals surface area contributed by atoms with Crippen LogP contribution in [0.15, 0.2) is 48.5 Å². The Morgan fingerprint density at radius 1 is 1.26 bits per heavy atom. The minimum atomic E-state index is 0.0250. The molecule has 3 aromatic rings. The van der Waals surface area contributed by atoms with E-state index < -0.39 is 0 Å². The molecule has 23 heavy (non-hydrogen) atoms. The molecular weight excluding hydrogens is 288 g/mol. The minimum Gasteiger partial charge on any atom is -0.326 e. The molecule has 0 aliphatic heterocycles. The quantitative estimate of drug-likeness (QED) is 0.693. The topological polar surface area (TPSA) is 83.8 Å². The number of hydrogen-bond acceptors (Lipinski definition) is 3. The summed E-state index contributed by atoms with van der Waals surface area (Å²) in [5, 5.41) is 2.89. The number of nitrogens with two attached hydrogens (primary N) is 1. The number of carbonyl (C=O) groups is 1. The zero-order valence-corrected chi connectivity index (χ0v) is 12.6. The van der Waals surface area contributed by atoms with Crippen LogP contribution in [0.1, 0.15) is 23.5 Å². The third-order valence-corrected chi connectivity index (χ3v) is 4.38. The molecule has 0 bridgehead atoms. The molecule has 0 saturated heterocycles. The van der Waals surface area contributed by atoms with Crippen LogP contribution in [-0.4, -0.2) is 15.9 Å². The number of nitrogens with one attached hydrogen (secondary N) is 2. The number of H-pyrrole nitrogens is 1. The van der Waals surface area contributed by atoms with Crippen LogP contribution >= 0.6 is 0 Å². The number of carbonyl (C=O) groups excluding carboxylic acids is 1. The van der Waals surface area contributed by atoms with Gasteiger partial charge in [0, 0.05) is 12.5 Å². The molecule has 0 spiro atoms. The number of imidazole rings is 1. The number of nitrogens with zero attached hydrogens (tertiary/aromatic N) is 1. The molecule has 1 heterocycles. The average Bonchev–Trinajstić information content (AvgIpc) is 3.29. The van der Waals surface area contributed by atoms with Gasteiger partial charge in [0.15, 0.2) is 0 Å². The van der Waals surface area contributed by atoms with Gasteiger partial charge in [0.05, 0.1) is 11.0 Å². The molecule has 4 rings (SSSR count). The molecule has 1 aromatic heterocycles. The Morgan fingerprint density at radius 3 is 2.87 bits per heavy atom. The molecule has 5 nitrogen and oxygen atoms in total. The van der Waals surface area contributed by atoms with Crippen molar-refractivity contribution in [1.29, 1.82) is 0 Å². The minimum absolute atomic E-state index is 0.0250. The second-order valence-corrected chi connectivity index (χ2v) is 5.99. The molecule has 4 N–H and O–H groups in total. The van der Waals surface area contributed by atoms with Crippen LogP contribution in [0, 0.1) is 5.92 Å². The Hall–Kier alpha value is -2.66. The molecule has 116 valence electrons. The summed E-state index contributed by atoms with van der Waals surface area (Å²) in [6, 6.07) is 16.0. The average molecular weight is 306 g/mol. The van der Waals surface area contributed by atoms with Gasteiger partial charge in [-0.05, 0) is 35.6 Å². The number of anilines is 1. The van der Waals surface area contributed by atoms with Gasteiger partial charge in [-0.3, -0.25) is 10.1 Å². The zero-order valence-electron chi connectivity index (χ0n) is 12.6. The summed E-state index contributed by atoms with van der Waals surface area (Å²) in [4.78, 5) is 19.9. The van der Waals surface area contributed by atoms with Gasteiger partial charge in [0.1, 0.15) is 0 Å². The van der Waals surface area contributed by atoms with Gasteiger partial charge in [-0.25, -0.2) is 4.98 Å². The highest BCUT2D eigenvalue weighted by atomic mass is 16.2. The van der Waals surface area contributed by atoms with Crippen LogP contribution in [0.25, 0.3) is 11.0 Å². The number of amides is 1. The first-order valence-corrected chi connectivity index (χ1v) is 7.79. The van der Waals surface area contributed by atoms with Gasteiger partial charge < -0.3 is 10.7 Å². The van der Waals surface area contributed by atoms with Crippen LogP contribution in [0.3, 0.4) is 0 Å². The van der Waals surface area contributed by atoms with Crippen LogP contribution in [0.5, 0.6) is 0 Å². The highest BCUT2D eigenvalue weighted by Crippen LogP contribution is 2.47. The maximum absolute atomic E-state index is 12.4. The molecule has 2 atom stereocenters. The van der Waals surface area contributed by atoms with E-state index in [0.717, 1.165) is 23.0 Å². The summed E-state index contributed by atoms with van der Waals surface area (Å²) in [7, 11) is 0. The van der Waals surface area contributed by atoms with E-state index in [1.807, 2.05) is 36.4 Å². The second-order valence-electron chi connectivity index (χ2n) is 5.99. The summed E-state index contributed by atoms with van der Waals surface area (Å²) in [5.41, 5.74) is 9.60. The van der Waals surface area contributed by atoms with Gasteiger partial charge >= 0.3 is 0 Å². The molecule has 0 radical (unpaired) electrons. The van der Waals surface area contributed by atoms with Crippen LogP contribution < -0.4 is 11.1 Å². The van der Waals surface area contributed by atoms with Gasteiger partial charge in [0.2, 0.25) is 11.9 Å². The normalized spacial score (nSPS) is 19.7. The van der Waals surface area contributed by atoms with Crippen LogP contribution in [0.2, 0.25) is 0 Å². The standard InChI is InChI=1S/C18H18N4O/c19-10-11-6-7-15-16(8-11)21-18(20-15)22-17(23)14-9-13(14)12-4-2-1-3-5-12/h1-8,13-14H,9-10,19H2,(H2,20,21,22,23). The smallest absolute Gasteiger partial charge is 0.230 e. The maximum Gasteiger partial charge on any atom is 0.230 e. The van der Waals surface area contributed by atoms with Crippen molar-refractivity contribution >= 4 is 22.9 Å². The molecule has 2 aromatic carbocycles. The molecule has 1 amide bonds. The number of aromatic nitrogens is 2. The van der Waals surface area contributed by atoms with Gasteiger partial charge in [0.25, 0.3) is 0 Å². The Bertz CT molecular complexity index is 856. The predicted octanol–water partition coefficient (Wildman–Crippen LogP) is 2.76. The van der Waals surface area contributed by atoms with E-state index in [9.17, 15) is 4.79 Å². The summed E-state index contributed by atoms with van der Waals surface area (Å²) in [6.45, 7) is 0.478. The van der Waals surface area contributed by atoms with Gasteiger partial charge in [-0.15, -0.1) is 0 Å². The van der Waals surface area contributed by atoms with Gasteiger partial charge in [-0.2, -0.15) is 0 Å². The van der Waals surface area contributed by atoms with E-state index in [-0.39, 0.29) is 11.8 Å². The molecule has 1 saturated carbocycles. The third-order valence-electron chi connectivity index (χ3n) is 4.38. The number of fused-ring (bicyclic) bond motifs is 1. The van der Waals surface area contributed by atoms with E-state index in [0.29, 0.717) is 18.4 Å².